The van der Waals surface area contributed by atoms with Crippen LogP contribution in [0.25, 0.3) is 16.7 Å². The van der Waals surface area contributed by atoms with E-state index < -0.39 is 41.0 Å². The van der Waals surface area contributed by atoms with Crippen LogP contribution in [-0.2, 0) is 0 Å². The zero-order valence-electron chi connectivity index (χ0n) is 21.8. The summed E-state index contributed by atoms with van der Waals surface area (Å²) in [6.45, 7) is 0.876. The molecule has 214 valence electrons. The van der Waals surface area contributed by atoms with Crippen molar-refractivity contribution in [3.63, 3.8) is 0 Å². The molecule has 0 unspecified atom stereocenters. The predicted molar refractivity (Wildman–Crippen MR) is 148 cm³/mol. The fourth-order valence-corrected chi connectivity index (χ4v) is 4.61. The van der Waals surface area contributed by atoms with E-state index in [1.165, 1.54) is 61.1 Å². The monoisotopic (exact) mass is 576 g/mol. The van der Waals surface area contributed by atoms with Crippen LogP contribution >= 0.6 is 0 Å². The molecule has 42 heavy (non-hydrogen) atoms. The fraction of sp³-hybridized carbons (Fsp3) is 0.179. The number of aromatic amines is 1. The molecule has 1 saturated heterocycles. The van der Waals surface area contributed by atoms with Gasteiger partial charge in [0.15, 0.2) is 28.7 Å². The number of fused-ring (bicyclic) bond motifs is 1. The zero-order valence-corrected chi connectivity index (χ0v) is 21.8. The van der Waals surface area contributed by atoms with Crippen LogP contribution < -0.4 is 26.2 Å². The van der Waals surface area contributed by atoms with Gasteiger partial charge < -0.3 is 20.7 Å². The van der Waals surface area contributed by atoms with E-state index in [2.05, 4.69) is 36.1 Å². The number of benzene rings is 2. The van der Waals surface area contributed by atoms with E-state index in [1.807, 2.05) is 0 Å². The second kappa shape index (κ2) is 11.3. The van der Waals surface area contributed by atoms with Gasteiger partial charge in [-0.2, -0.15) is 5.10 Å². The van der Waals surface area contributed by atoms with Crippen molar-refractivity contribution in [3.8, 4) is 17.2 Å². The highest BCUT2D eigenvalue weighted by Gasteiger charge is 2.26. The summed E-state index contributed by atoms with van der Waals surface area (Å²) >= 11 is 0. The summed E-state index contributed by atoms with van der Waals surface area (Å²) in [5, 5.41) is 15.9. The van der Waals surface area contributed by atoms with Gasteiger partial charge in [-0.05, 0) is 49.4 Å². The summed E-state index contributed by atoms with van der Waals surface area (Å²) in [4.78, 5) is 33.8. The first-order valence-electron chi connectivity index (χ1n) is 12.9. The Labute approximate surface area is 235 Å². The van der Waals surface area contributed by atoms with Crippen molar-refractivity contribution in [2.75, 3.05) is 23.7 Å². The van der Waals surface area contributed by atoms with Crippen molar-refractivity contribution in [1.29, 1.82) is 0 Å². The number of ether oxygens (including phenoxy) is 1. The number of hydrogen-bond donors (Lipinski definition) is 4. The number of halogens is 3. The summed E-state index contributed by atoms with van der Waals surface area (Å²) in [7, 11) is 0. The van der Waals surface area contributed by atoms with Gasteiger partial charge in [-0.25, -0.2) is 23.1 Å². The van der Waals surface area contributed by atoms with Crippen LogP contribution in [0.4, 0.5) is 24.7 Å². The van der Waals surface area contributed by atoms with Crippen LogP contribution in [0.1, 0.15) is 16.9 Å². The zero-order chi connectivity index (χ0) is 29.2. The van der Waals surface area contributed by atoms with Gasteiger partial charge in [0.05, 0.1) is 6.04 Å². The average Bonchev–Trinajstić information content (AvgIpc) is 3.40. The number of aromatic nitrogens is 5. The third-order valence-electron chi connectivity index (χ3n) is 6.72. The molecular formula is C28H23F3N8O3. The molecule has 1 aliphatic rings. The van der Waals surface area contributed by atoms with Crippen molar-refractivity contribution in [1.82, 2.24) is 30.0 Å². The fourth-order valence-electron chi connectivity index (χ4n) is 4.61. The van der Waals surface area contributed by atoms with Crippen molar-refractivity contribution in [2.24, 2.45) is 0 Å². The molecule has 2 atom stereocenters. The van der Waals surface area contributed by atoms with Gasteiger partial charge in [0, 0.05) is 48.6 Å². The Hall–Kier alpha value is -5.24. The Morgan fingerprint density at radius 1 is 1.05 bits per heavy atom. The highest BCUT2D eigenvalue weighted by atomic mass is 19.1. The number of hydrogen-bond acceptors (Lipinski definition) is 8. The van der Waals surface area contributed by atoms with Crippen LogP contribution in [0, 0.1) is 11.6 Å². The summed E-state index contributed by atoms with van der Waals surface area (Å²) in [6.07, 6.45) is 3.48. The lowest BCUT2D eigenvalue weighted by atomic mass is 10.0. The molecule has 5 aromatic rings. The third kappa shape index (κ3) is 5.39. The molecule has 1 fully saturated rings. The maximum atomic E-state index is 15.1. The van der Waals surface area contributed by atoms with Gasteiger partial charge in [-0.3, -0.25) is 19.3 Å². The predicted octanol–water partition coefficient (Wildman–Crippen LogP) is 3.94. The van der Waals surface area contributed by atoms with Crippen LogP contribution in [0.3, 0.4) is 0 Å². The summed E-state index contributed by atoms with van der Waals surface area (Å²) in [5.41, 5.74) is -0.423. The van der Waals surface area contributed by atoms with Gasteiger partial charge in [-0.1, -0.05) is 0 Å². The molecule has 0 spiro atoms. The van der Waals surface area contributed by atoms with Crippen molar-refractivity contribution >= 4 is 28.4 Å². The summed E-state index contributed by atoms with van der Waals surface area (Å²) < 4.78 is 49.8. The van der Waals surface area contributed by atoms with Gasteiger partial charge in [0.1, 0.15) is 23.1 Å². The lowest BCUT2D eigenvalue weighted by Crippen LogP contribution is -2.45. The normalized spacial score (nSPS) is 16.7. The highest BCUT2D eigenvalue weighted by molar-refractivity contribution is 6.02. The Morgan fingerprint density at radius 2 is 1.88 bits per heavy atom. The second-order valence-electron chi connectivity index (χ2n) is 9.49. The molecule has 2 aromatic carbocycles. The smallest absolute Gasteiger partial charge is 0.286 e. The molecule has 11 nitrogen and oxygen atoms in total. The minimum atomic E-state index is -1.12. The first-order chi connectivity index (χ1) is 20.4. The quantitative estimate of drug-likeness (QED) is 0.229. The highest BCUT2D eigenvalue weighted by Crippen LogP contribution is 2.35. The van der Waals surface area contributed by atoms with Gasteiger partial charge in [-0.15, -0.1) is 0 Å². The van der Waals surface area contributed by atoms with Gasteiger partial charge in [0.25, 0.3) is 11.5 Å². The van der Waals surface area contributed by atoms with Crippen LogP contribution in [0.5, 0.6) is 11.5 Å². The summed E-state index contributed by atoms with van der Waals surface area (Å²) in [5.74, 6) is -1.74. The maximum absolute atomic E-state index is 15.1. The Balaban J connectivity index is 1.21. The number of amides is 1. The van der Waals surface area contributed by atoms with E-state index in [9.17, 15) is 18.4 Å². The van der Waals surface area contributed by atoms with Crippen molar-refractivity contribution < 1.29 is 22.7 Å². The number of pyridine rings is 1. The lowest BCUT2D eigenvalue weighted by molar-refractivity contribution is 0.102. The molecule has 4 N–H and O–H groups in total. The van der Waals surface area contributed by atoms with Crippen molar-refractivity contribution in [3.05, 3.63) is 94.8 Å². The lowest BCUT2D eigenvalue weighted by Gasteiger charge is -2.27. The van der Waals surface area contributed by atoms with E-state index >= 15 is 4.39 Å². The molecule has 0 aliphatic carbocycles. The number of nitrogens with zero attached hydrogens (tertiary/aromatic N) is 4. The molecule has 0 bridgehead atoms. The van der Waals surface area contributed by atoms with Crippen LogP contribution in [0.15, 0.2) is 71.9 Å². The molecule has 0 saturated carbocycles. The SMILES string of the molecule is O=C(Nc1ccc(Oc2ccnc3[nH]nc(N[C@H]4CCNC[C@H]4F)c23)c(F)c1)c1nccn(-c2ccc(F)cc2)c1=O. The standard InChI is InChI=1S/C28H23F3N8O3/c29-15-1-4-17(5-2-15)39-12-11-33-24(28(39)41)27(40)35-16-3-6-21(18(30)13-16)42-22-8-10-34-25-23(22)26(38-37-25)36-20-7-9-32-14-19(20)31/h1-6,8,10-13,19-20,32H,7,9,14H2,(H,35,40)(H2,34,36,37,38)/t19-,20+/m1/s1. The number of carbonyl (C=O) groups excluding carboxylic acids is 1. The topological polar surface area (TPSA) is 139 Å². The molecule has 3 aromatic heterocycles. The first-order valence-corrected chi connectivity index (χ1v) is 12.9. The maximum Gasteiger partial charge on any atom is 0.286 e. The number of H-pyrrole nitrogens is 1. The van der Waals surface area contributed by atoms with E-state index in [4.69, 9.17) is 4.74 Å². The Morgan fingerprint density at radius 3 is 2.67 bits per heavy atom. The minimum absolute atomic E-state index is 0.0497. The molecule has 1 amide bonds. The number of alkyl halides is 1. The molecule has 6 rings (SSSR count). The largest absolute Gasteiger partial charge is 0.453 e. The number of rotatable bonds is 7. The van der Waals surface area contributed by atoms with Gasteiger partial charge >= 0.3 is 0 Å². The number of piperidine rings is 1. The number of carbonyl (C=O) groups is 1. The average molecular weight is 577 g/mol. The number of nitrogens with one attached hydrogen (secondary N) is 4. The third-order valence-corrected chi connectivity index (χ3v) is 6.72. The van der Waals surface area contributed by atoms with E-state index in [1.54, 1.807) is 0 Å². The van der Waals surface area contributed by atoms with Crippen LogP contribution in [-0.4, -0.2) is 55.9 Å². The Kier molecular flexibility index (Phi) is 7.27. The summed E-state index contributed by atoms with van der Waals surface area (Å²) in [6, 6.07) is 9.94. The molecule has 4 heterocycles. The van der Waals surface area contributed by atoms with E-state index in [0.29, 0.717) is 35.5 Å². The number of anilines is 2. The minimum Gasteiger partial charge on any atom is -0.453 e. The van der Waals surface area contributed by atoms with E-state index in [0.717, 1.165) is 10.6 Å². The van der Waals surface area contributed by atoms with Crippen LogP contribution in [0.2, 0.25) is 0 Å². The van der Waals surface area contributed by atoms with E-state index in [-0.39, 0.29) is 23.7 Å². The first kappa shape index (κ1) is 27.0. The second-order valence-corrected chi connectivity index (χ2v) is 9.49. The molecule has 1 aliphatic heterocycles. The van der Waals surface area contributed by atoms with Crippen molar-refractivity contribution in [2.45, 2.75) is 18.6 Å². The molecule has 0 radical (unpaired) electrons. The Bertz CT molecular complexity index is 1830. The van der Waals surface area contributed by atoms with Gasteiger partial charge in [0.2, 0.25) is 0 Å². The molecule has 14 heteroatoms. The molecular weight excluding hydrogens is 553 g/mol.